The molecule has 1 fully saturated rings. The van der Waals surface area contributed by atoms with Gasteiger partial charge in [0.25, 0.3) is 5.91 Å². The van der Waals surface area contributed by atoms with Crippen LogP contribution in [0.2, 0.25) is 0 Å². The van der Waals surface area contributed by atoms with Crippen molar-refractivity contribution < 1.29 is 9.90 Å². The predicted octanol–water partition coefficient (Wildman–Crippen LogP) is 1.77. The van der Waals surface area contributed by atoms with Crippen molar-refractivity contribution in [3.63, 3.8) is 0 Å². The second-order valence-corrected chi connectivity index (χ2v) is 4.80. The molecule has 1 aliphatic carbocycles. The molecule has 0 aromatic carbocycles. The zero-order valence-corrected chi connectivity index (χ0v) is 10.8. The number of aromatic nitrogens is 1. The van der Waals surface area contributed by atoms with Crippen LogP contribution in [0, 0.1) is 6.92 Å². The van der Waals surface area contributed by atoms with Gasteiger partial charge in [-0.1, -0.05) is 12.8 Å². The van der Waals surface area contributed by atoms with Crippen molar-refractivity contribution in [2.45, 2.75) is 38.6 Å². The highest BCUT2D eigenvalue weighted by molar-refractivity contribution is 5.95. The SMILES string of the molecule is Cc1ncccc1C(=O)N(CCO)C1CCCC1. The summed E-state index contributed by atoms with van der Waals surface area (Å²) in [7, 11) is 0. The van der Waals surface area contributed by atoms with Gasteiger partial charge in [-0.15, -0.1) is 0 Å². The molecule has 1 aromatic rings. The van der Waals surface area contributed by atoms with Gasteiger partial charge in [0, 0.05) is 24.5 Å². The first-order chi connectivity index (χ1) is 8.74. The van der Waals surface area contributed by atoms with Gasteiger partial charge < -0.3 is 10.0 Å². The molecule has 4 nitrogen and oxygen atoms in total. The molecule has 1 N–H and O–H groups in total. The fourth-order valence-electron chi connectivity index (χ4n) is 2.64. The smallest absolute Gasteiger partial charge is 0.256 e. The van der Waals surface area contributed by atoms with Crippen molar-refractivity contribution in [1.29, 1.82) is 0 Å². The Balaban J connectivity index is 2.20. The molecule has 1 aliphatic rings. The Bertz CT molecular complexity index is 414. The minimum atomic E-state index is 0.00144. The van der Waals surface area contributed by atoms with Crippen molar-refractivity contribution in [1.82, 2.24) is 9.88 Å². The molecule has 1 saturated carbocycles. The number of rotatable bonds is 4. The van der Waals surface area contributed by atoms with E-state index in [4.69, 9.17) is 5.11 Å². The summed E-state index contributed by atoms with van der Waals surface area (Å²) in [4.78, 5) is 18.5. The van der Waals surface area contributed by atoms with E-state index in [9.17, 15) is 4.79 Å². The van der Waals surface area contributed by atoms with E-state index in [0.717, 1.165) is 18.5 Å². The van der Waals surface area contributed by atoms with E-state index in [1.807, 2.05) is 17.9 Å². The number of amides is 1. The van der Waals surface area contributed by atoms with Gasteiger partial charge in [0.2, 0.25) is 0 Å². The summed E-state index contributed by atoms with van der Waals surface area (Å²) in [5.74, 6) is 0.00144. The van der Waals surface area contributed by atoms with Crippen molar-refractivity contribution in [2.24, 2.45) is 0 Å². The van der Waals surface area contributed by atoms with E-state index < -0.39 is 0 Å². The molecule has 98 valence electrons. The third-order valence-corrected chi connectivity index (χ3v) is 3.60. The van der Waals surface area contributed by atoms with Crippen LogP contribution in [0.3, 0.4) is 0 Å². The fraction of sp³-hybridized carbons (Fsp3) is 0.571. The molecule has 18 heavy (non-hydrogen) atoms. The van der Waals surface area contributed by atoms with Gasteiger partial charge in [-0.05, 0) is 31.9 Å². The third-order valence-electron chi connectivity index (χ3n) is 3.60. The number of aryl methyl sites for hydroxylation is 1. The minimum Gasteiger partial charge on any atom is -0.395 e. The second kappa shape index (κ2) is 5.96. The number of hydrogen-bond donors (Lipinski definition) is 1. The van der Waals surface area contributed by atoms with Crippen molar-refractivity contribution in [2.75, 3.05) is 13.2 Å². The van der Waals surface area contributed by atoms with Crippen LogP contribution >= 0.6 is 0 Å². The van der Waals surface area contributed by atoms with E-state index in [0.29, 0.717) is 12.1 Å². The van der Waals surface area contributed by atoms with Crippen molar-refractivity contribution in [3.05, 3.63) is 29.6 Å². The van der Waals surface area contributed by atoms with Gasteiger partial charge in [-0.25, -0.2) is 0 Å². The van der Waals surface area contributed by atoms with Crippen LogP contribution in [0.15, 0.2) is 18.3 Å². The number of aliphatic hydroxyl groups excluding tert-OH is 1. The number of aliphatic hydroxyl groups is 1. The first-order valence-corrected chi connectivity index (χ1v) is 6.57. The van der Waals surface area contributed by atoms with E-state index in [2.05, 4.69) is 4.98 Å². The predicted molar refractivity (Wildman–Crippen MR) is 69.4 cm³/mol. The Kier molecular flexibility index (Phi) is 4.31. The molecule has 0 aliphatic heterocycles. The Hall–Kier alpha value is -1.42. The normalized spacial score (nSPS) is 15.9. The summed E-state index contributed by atoms with van der Waals surface area (Å²) in [6, 6.07) is 3.87. The molecule has 0 saturated heterocycles. The lowest BCUT2D eigenvalue weighted by Crippen LogP contribution is -2.41. The Morgan fingerprint density at radius 3 is 2.83 bits per heavy atom. The van der Waals surface area contributed by atoms with Crippen molar-refractivity contribution >= 4 is 5.91 Å². The molecule has 1 amide bonds. The molecule has 0 bridgehead atoms. The quantitative estimate of drug-likeness (QED) is 0.883. The van der Waals surface area contributed by atoms with Gasteiger partial charge >= 0.3 is 0 Å². The molecular formula is C14H20N2O2. The maximum Gasteiger partial charge on any atom is 0.256 e. The lowest BCUT2D eigenvalue weighted by Gasteiger charge is -2.28. The van der Waals surface area contributed by atoms with Gasteiger partial charge in [-0.3, -0.25) is 9.78 Å². The average molecular weight is 248 g/mol. The van der Waals surface area contributed by atoms with E-state index in [1.54, 1.807) is 12.3 Å². The fourth-order valence-corrected chi connectivity index (χ4v) is 2.64. The summed E-state index contributed by atoms with van der Waals surface area (Å²) in [5, 5.41) is 9.15. The monoisotopic (exact) mass is 248 g/mol. The summed E-state index contributed by atoms with van der Waals surface area (Å²) in [5.41, 5.74) is 1.40. The van der Waals surface area contributed by atoms with Crippen LogP contribution in [-0.2, 0) is 0 Å². The Labute approximate surface area is 108 Å². The van der Waals surface area contributed by atoms with Gasteiger partial charge in [0.1, 0.15) is 0 Å². The number of hydrogen-bond acceptors (Lipinski definition) is 3. The molecular weight excluding hydrogens is 228 g/mol. The summed E-state index contributed by atoms with van der Waals surface area (Å²) >= 11 is 0. The van der Waals surface area contributed by atoms with Crippen LogP contribution < -0.4 is 0 Å². The molecule has 0 radical (unpaired) electrons. The van der Waals surface area contributed by atoms with Crippen LogP contribution in [0.25, 0.3) is 0 Å². The highest BCUT2D eigenvalue weighted by Gasteiger charge is 2.27. The molecule has 1 heterocycles. The number of carbonyl (C=O) groups excluding carboxylic acids is 1. The first kappa shape index (κ1) is 13.0. The first-order valence-electron chi connectivity index (χ1n) is 6.57. The van der Waals surface area contributed by atoms with Crippen molar-refractivity contribution in [3.8, 4) is 0 Å². The van der Waals surface area contributed by atoms with E-state index in [-0.39, 0.29) is 18.6 Å². The number of pyridine rings is 1. The van der Waals surface area contributed by atoms with Crippen LogP contribution in [-0.4, -0.2) is 40.1 Å². The molecule has 0 atom stereocenters. The minimum absolute atomic E-state index is 0.00144. The molecule has 0 spiro atoms. The summed E-state index contributed by atoms with van der Waals surface area (Å²) < 4.78 is 0. The zero-order valence-electron chi connectivity index (χ0n) is 10.8. The third kappa shape index (κ3) is 2.70. The lowest BCUT2D eigenvalue weighted by molar-refractivity contribution is 0.0637. The van der Waals surface area contributed by atoms with Gasteiger partial charge in [-0.2, -0.15) is 0 Å². The molecule has 2 rings (SSSR count). The maximum absolute atomic E-state index is 12.5. The number of carbonyl (C=O) groups is 1. The highest BCUT2D eigenvalue weighted by Crippen LogP contribution is 2.25. The standard InChI is InChI=1S/C14H20N2O2/c1-11-13(7-4-8-15-11)14(18)16(9-10-17)12-5-2-3-6-12/h4,7-8,12,17H,2-3,5-6,9-10H2,1H3. The highest BCUT2D eigenvalue weighted by atomic mass is 16.3. The largest absolute Gasteiger partial charge is 0.395 e. The summed E-state index contributed by atoms with van der Waals surface area (Å²) in [6.07, 6.45) is 6.13. The molecule has 0 unspecified atom stereocenters. The van der Waals surface area contributed by atoms with Gasteiger partial charge in [0.05, 0.1) is 12.2 Å². The Morgan fingerprint density at radius 1 is 1.50 bits per heavy atom. The average Bonchev–Trinajstić information content (AvgIpc) is 2.89. The van der Waals surface area contributed by atoms with E-state index >= 15 is 0 Å². The lowest BCUT2D eigenvalue weighted by atomic mass is 10.1. The van der Waals surface area contributed by atoms with Crippen LogP contribution in [0.1, 0.15) is 41.7 Å². The van der Waals surface area contributed by atoms with Crippen LogP contribution in [0.4, 0.5) is 0 Å². The maximum atomic E-state index is 12.5. The summed E-state index contributed by atoms with van der Waals surface area (Å²) in [6.45, 7) is 2.28. The second-order valence-electron chi connectivity index (χ2n) is 4.80. The number of nitrogens with zero attached hydrogens (tertiary/aromatic N) is 2. The zero-order chi connectivity index (χ0) is 13.0. The van der Waals surface area contributed by atoms with E-state index in [1.165, 1.54) is 12.8 Å². The van der Waals surface area contributed by atoms with Gasteiger partial charge in [0.15, 0.2) is 0 Å². The Morgan fingerprint density at radius 2 is 2.22 bits per heavy atom. The molecule has 4 heteroatoms. The topological polar surface area (TPSA) is 53.4 Å². The molecule has 1 aromatic heterocycles. The van der Waals surface area contributed by atoms with Crippen LogP contribution in [0.5, 0.6) is 0 Å².